The van der Waals surface area contributed by atoms with Gasteiger partial charge in [-0.15, -0.1) is 22.7 Å². The van der Waals surface area contributed by atoms with E-state index in [0.717, 1.165) is 14.8 Å². The molecule has 27 heavy (non-hydrogen) atoms. The van der Waals surface area contributed by atoms with Crippen LogP contribution in [0.5, 0.6) is 0 Å². The van der Waals surface area contributed by atoms with E-state index in [9.17, 15) is 9.59 Å². The zero-order valence-corrected chi connectivity index (χ0v) is 15.5. The number of nitrogens with one attached hydrogen (secondary N) is 1. The highest BCUT2D eigenvalue weighted by Gasteiger charge is 2.17. The molecule has 132 valence electrons. The number of fused-ring (bicyclic) bond motifs is 3. The summed E-state index contributed by atoms with van der Waals surface area (Å²) in [6, 6.07) is 18.5. The van der Waals surface area contributed by atoms with Crippen LogP contribution in [0.25, 0.3) is 19.5 Å². The Morgan fingerprint density at radius 3 is 2.67 bits per heavy atom. The normalized spacial score (nSPS) is 10.6. The third-order valence-electron chi connectivity index (χ3n) is 3.91. The van der Waals surface area contributed by atoms with Crippen molar-refractivity contribution < 1.29 is 14.3 Å². The lowest BCUT2D eigenvalue weighted by atomic mass is 10.2. The second-order valence-corrected chi connectivity index (χ2v) is 7.82. The number of esters is 1. The van der Waals surface area contributed by atoms with Gasteiger partial charge in [-0.3, -0.25) is 4.79 Å². The molecule has 0 atom stereocenters. The van der Waals surface area contributed by atoms with E-state index in [2.05, 4.69) is 5.32 Å². The number of anilines is 1. The zero-order chi connectivity index (χ0) is 18.8. The fourth-order valence-corrected chi connectivity index (χ4v) is 5.10. The number of para-hydroxylation sites is 1. The molecule has 7 heteroatoms. The van der Waals surface area contributed by atoms with Crippen molar-refractivity contribution in [2.45, 2.75) is 0 Å². The molecule has 2 heterocycles. The Kier molecular flexibility index (Phi) is 4.59. The number of ether oxygens (including phenoxy) is 1. The molecule has 0 spiro atoms. The number of thiophene rings is 2. The molecule has 1 N–H and O–H groups in total. The minimum atomic E-state index is -0.531. The van der Waals surface area contributed by atoms with Crippen LogP contribution in [0.3, 0.4) is 0 Å². The van der Waals surface area contributed by atoms with Crippen molar-refractivity contribution in [1.82, 2.24) is 0 Å². The lowest BCUT2D eigenvalue weighted by Gasteiger charge is -2.07. The van der Waals surface area contributed by atoms with Gasteiger partial charge < -0.3 is 10.1 Å². The van der Waals surface area contributed by atoms with Crippen LogP contribution in [-0.2, 0) is 9.53 Å². The van der Waals surface area contributed by atoms with E-state index < -0.39 is 18.5 Å². The molecule has 0 aliphatic rings. The molecule has 0 saturated carbocycles. The quantitative estimate of drug-likeness (QED) is 0.507. The Hall–Kier alpha value is -3.21. The van der Waals surface area contributed by atoms with Gasteiger partial charge in [-0.05, 0) is 24.3 Å². The Balaban J connectivity index is 1.44. The molecule has 0 bridgehead atoms. The summed E-state index contributed by atoms with van der Waals surface area (Å²) in [4.78, 5) is 24.8. The Morgan fingerprint density at radius 2 is 1.81 bits per heavy atom. The van der Waals surface area contributed by atoms with Crippen LogP contribution in [0, 0.1) is 11.3 Å². The summed E-state index contributed by atoms with van der Waals surface area (Å²) in [6.07, 6.45) is 0. The van der Waals surface area contributed by atoms with Gasteiger partial charge >= 0.3 is 5.97 Å². The molecule has 2 aromatic carbocycles. The fraction of sp³-hybridized carbons (Fsp3) is 0.0500. The third kappa shape index (κ3) is 3.40. The minimum absolute atomic E-state index is 0.350. The van der Waals surface area contributed by atoms with Gasteiger partial charge in [0.05, 0.1) is 16.0 Å². The zero-order valence-electron chi connectivity index (χ0n) is 13.9. The van der Waals surface area contributed by atoms with Crippen LogP contribution in [0.1, 0.15) is 15.2 Å². The van der Waals surface area contributed by atoms with Gasteiger partial charge in [0, 0.05) is 14.8 Å². The van der Waals surface area contributed by atoms with Crippen LogP contribution in [0.2, 0.25) is 0 Å². The molecule has 5 nitrogen and oxygen atoms in total. The van der Waals surface area contributed by atoms with Crippen LogP contribution < -0.4 is 5.32 Å². The highest BCUT2D eigenvalue weighted by atomic mass is 32.1. The van der Waals surface area contributed by atoms with Crippen molar-refractivity contribution in [3.8, 4) is 6.07 Å². The summed E-state index contributed by atoms with van der Waals surface area (Å²) < 4.78 is 8.38. The van der Waals surface area contributed by atoms with E-state index in [1.807, 2.05) is 30.3 Å². The second kappa shape index (κ2) is 7.19. The summed E-state index contributed by atoms with van der Waals surface area (Å²) in [6.45, 7) is -0.412. The highest BCUT2D eigenvalue weighted by molar-refractivity contribution is 7.33. The van der Waals surface area contributed by atoms with Crippen LogP contribution >= 0.6 is 22.7 Å². The Bertz CT molecular complexity index is 1220. The molecule has 0 unspecified atom stereocenters. The monoisotopic (exact) mass is 392 g/mol. The second-order valence-electron chi connectivity index (χ2n) is 5.68. The van der Waals surface area contributed by atoms with Gasteiger partial charge in [-0.2, -0.15) is 5.26 Å². The number of carbonyl (C=O) groups is 2. The molecule has 4 aromatic rings. The number of amides is 1. The standard InChI is InChI=1S/C20H12N2O3S2/c21-10-12-5-1-3-7-14(12)22-18(23)11-25-20(24)17-9-16-19(27-17)13-6-2-4-8-15(13)26-16/h1-9H,11H2,(H,22,23). The van der Waals surface area contributed by atoms with Gasteiger partial charge in [0.25, 0.3) is 5.91 Å². The lowest BCUT2D eigenvalue weighted by molar-refractivity contribution is -0.119. The van der Waals surface area contributed by atoms with E-state index in [4.69, 9.17) is 10.00 Å². The lowest BCUT2D eigenvalue weighted by Crippen LogP contribution is -2.21. The van der Waals surface area contributed by atoms with Crippen LogP contribution in [-0.4, -0.2) is 18.5 Å². The molecule has 2 aromatic heterocycles. The van der Waals surface area contributed by atoms with Crippen molar-refractivity contribution in [3.05, 3.63) is 65.0 Å². The predicted molar refractivity (Wildman–Crippen MR) is 107 cm³/mol. The number of benzene rings is 2. The smallest absolute Gasteiger partial charge is 0.348 e. The summed E-state index contributed by atoms with van der Waals surface area (Å²) in [5, 5.41) is 12.7. The first-order chi connectivity index (χ1) is 13.2. The first kappa shape index (κ1) is 17.2. The summed E-state index contributed by atoms with van der Waals surface area (Å²) in [5.74, 6) is -1.02. The van der Waals surface area contributed by atoms with E-state index >= 15 is 0 Å². The van der Waals surface area contributed by atoms with Crippen molar-refractivity contribution in [3.63, 3.8) is 0 Å². The first-order valence-corrected chi connectivity index (χ1v) is 9.66. The maximum Gasteiger partial charge on any atom is 0.348 e. The maximum atomic E-state index is 12.3. The molecule has 1 amide bonds. The van der Waals surface area contributed by atoms with Crippen molar-refractivity contribution >= 4 is 59.7 Å². The molecular formula is C20H12N2O3S2. The van der Waals surface area contributed by atoms with Gasteiger partial charge in [0.2, 0.25) is 0 Å². The molecular weight excluding hydrogens is 380 g/mol. The SMILES string of the molecule is N#Cc1ccccc1NC(=O)COC(=O)c1cc2sc3ccccc3c2s1. The number of hydrogen-bond donors (Lipinski definition) is 1. The van der Waals surface area contributed by atoms with Gasteiger partial charge in [0.15, 0.2) is 6.61 Å². The van der Waals surface area contributed by atoms with E-state index in [1.165, 1.54) is 16.0 Å². The van der Waals surface area contributed by atoms with Crippen molar-refractivity contribution in [2.24, 2.45) is 0 Å². The van der Waals surface area contributed by atoms with E-state index in [0.29, 0.717) is 16.1 Å². The van der Waals surface area contributed by atoms with Crippen LogP contribution in [0.4, 0.5) is 5.69 Å². The van der Waals surface area contributed by atoms with Crippen molar-refractivity contribution in [2.75, 3.05) is 11.9 Å². The largest absolute Gasteiger partial charge is 0.451 e. The highest BCUT2D eigenvalue weighted by Crippen LogP contribution is 2.39. The molecule has 4 rings (SSSR count). The molecule has 0 fully saturated rings. The summed E-state index contributed by atoms with van der Waals surface area (Å²) in [5.41, 5.74) is 0.742. The van der Waals surface area contributed by atoms with Gasteiger partial charge in [-0.25, -0.2) is 4.79 Å². The molecule has 0 aliphatic carbocycles. The summed E-state index contributed by atoms with van der Waals surface area (Å²) in [7, 11) is 0. The fourth-order valence-electron chi connectivity index (χ4n) is 2.68. The number of nitrogens with zero attached hydrogens (tertiary/aromatic N) is 1. The Labute approximate surface area is 162 Å². The van der Waals surface area contributed by atoms with E-state index in [1.54, 1.807) is 41.7 Å². The van der Waals surface area contributed by atoms with Gasteiger partial charge in [0.1, 0.15) is 10.9 Å². The molecule has 0 saturated heterocycles. The third-order valence-corrected chi connectivity index (χ3v) is 6.30. The average Bonchev–Trinajstić information content (AvgIpc) is 3.24. The molecule has 0 aliphatic heterocycles. The van der Waals surface area contributed by atoms with Gasteiger partial charge in [-0.1, -0.05) is 30.3 Å². The topological polar surface area (TPSA) is 79.2 Å². The molecule has 0 radical (unpaired) electrons. The predicted octanol–water partition coefficient (Wildman–Crippen LogP) is 4.78. The number of carbonyl (C=O) groups excluding carboxylic acids is 2. The van der Waals surface area contributed by atoms with Crippen LogP contribution in [0.15, 0.2) is 54.6 Å². The maximum absolute atomic E-state index is 12.3. The van der Waals surface area contributed by atoms with E-state index in [-0.39, 0.29) is 0 Å². The number of hydrogen-bond acceptors (Lipinski definition) is 6. The summed E-state index contributed by atoms with van der Waals surface area (Å²) >= 11 is 2.99. The minimum Gasteiger partial charge on any atom is -0.451 e. The average molecular weight is 392 g/mol. The van der Waals surface area contributed by atoms with Crippen molar-refractivity contribution in [1.29, 1.82) is 5.26 Å². The first-order valence-electron chi connectivity index (χ1n) is 8.03. The Morgan fingerprint density at radius 1 is 1.04 bits per heavy atom. The number of nitriles is 1. The number of rotatable bonds is 4.